The van der Waals surface area contributed by atoms with Crippen molar-refractivity contribution < 1.29 is 23.1 Å². The van der Waals surface area contributed by atoms with Crippen molar-refractivity contribution in [2.45, 2.75) is 25.5 Å². The fraction of sp³-hybridized carbons (Fsp3) is 0.900. The molecule has 0 aromatic carbocycles. The van der Waals surface area contributed by atoms with Crippen molar-refractivity contribution in [3.63, 3.8) is 0 Å². The maximum absolute atomic E-state index is 12.0. The molecule has 0 aliphatic heterocycles. The Hall–Kier alpha value is -0.660. The van der Waals surface area contributed by atoms with Crippen molar-refractivity contribution >= 4 is 16.0 Å². The van der Waals surface area contributed by atoms with Crippen molar-refractivity contribution in [1.82, 2.24) is 4.31 Å². The van der Waals surface area contributed by atoms with Crippen molar-refractivity contribution in [3.8, 4) is 0 Å². The summed E-state index contributed by atoms with van der Waals surface area (Å²) in [5.41, 5.74) is 0. The van der Waals surface area contributed by atoms with Gasteiger partial charge < -0.3 is 9.84 Å². The highest BCUT2D eigenvalue weighted by Crippen LogP contribution is 2.12. The number of nitrogens with zero attached hydrogens (tertiary/aromatic N) is 1. The molecule has 0 aliphatic carbocycles. The normalized spacial score (nSPS) is 15.8. The largest absolute Gasteiger partial charge is 0.481 e. The van der Waals surface area contributed by atoms with E-state index in [9.17, 15) is 13.2 Å². The summed E-state index contributed by atoms with van der Waals surface area (Å²) in [5, 5.41) is 8.16. The molecule has 0 radical (unpaired) electrons. The van der Waals surface area contributed by atoms with E-state index in [0.29, 0.717) is 13.0 Å². The quantitative estimate of drug-likeness (QED) is 0.688. The Labute approximate surface area is 103 Å². The summed E-state index contributed by atoms with van der Waals surface area (Å²) in [6.45, 7) is 3.42. The standard InChI is InChI=1S/C10H21NO5S/c1-8(10(12)13)7-11(3)17(14,15)9(2)5-6-16-4/h8-9H,5-7H2,1-4H3,(H,12,13). The number of ether oxygens (including phenoxy) is 1. The highest BCUT2D eigenvalue weighted by atomic mass is 32.2. The molecule has 0 saturated heterocycles. The summed E-state index contributed by atoms with van der Waals surface area (Å²) in [6, 6.07) is 0. The van der Waals surface area contributed by atoms with E-state index in [4.69, 9.17) is 9.84 Å². The predicted octanol–water partition coefficient (Wildman–Crippen LogP) is 0.394. The van der Waals surface area contributed by atoms with Crippen LogP contribution in [-0.4, -0.2) is 56.4 Å². The first kappa shape index (κ1) is 16.3. The average molecular weight is 267 g/mol. The third kappa shape index (κ3) is 5.01. The lowest BCUT2D eigenvalue weighted by Gasteiger charge is -2.23. The van der Waals surface area contributed by atoms with E-state index >= 15 is 0 Å². The minimum Gasteiger partial charge on any atom is -0.481 e. The second kappa shape index (κ2) is 6.93. The highest BCUT2D eigenvalue weighted by Gasteiger charge is 2.28. The van der Waals surface area contributed by atoms with Crippen LogP contribution in [-0.2, 0) is 19.6 Å². The summed E-state index contributed by atoms with van der Waals surface area (Å²) in [5.74, 6) is -1.72. The van der Waals surface area contributed by atoms with Crippen LogP contribution in [0.15, 0.2) is 0 Å². The molecule has 17 heavy (non-hydrogen) atoms. The molecule has 0 heterocycles. The first-order valence-corrected chi connectivity index (χ1v) is 6.90. The van der Waals surface area contributed by atoms with Crippen molar-refractivity contribution in [3.05, 3.63) is 0 Å². The van der Waals surface area contributed by atoms with Crippen LogP contribution in [0.3, 0.4) is 0 Å². The van der Waals surface area contributed by atoms with E-state index < -0.39 is 27.2 Å². The smallest absolute Gasteiger partial charge is 0.307 e. The minimum absolute atomic E-state index is 0.0189. The van der Waals surface area contributed by atoms with Crippen LogP contribution in [0.5, 0.6) is 0 Å². The maximum Gasteiger partial charge on any atom is 0.307 e. The lowest BCUT2D eigenvalue weighted by molar-refractivity contribution is -0.141. The zero-order valence-electron chi connectivity index (χ0n) is 10.7. The number of rotatable bonds is 8. The number of carboxylic acid groups (broad SMARTS) is 1. The number of aliphatic carboxylic acids is 1. The molecule has 6 nitrogen and oxygen atoms in total. The van der Waals surface area contributed by atoms with E-state index in [0.717, 1.165) is 4.31 Å². The Morgan fingerprint density at radius 2 is 1.94 bits per heavy atom. The molecule has 0 saturated carbocycles. The van der Waals surface area contributed by atoms with Gasteiger partial charge in [0.15, 0.2) is 0 Å². The number of hydrogen-bond donors (Lipinski definition) is 1. The van der Waals surface area contributed by atoms with Crippen molar-refractivity contribution in [1.29, 1.82) is 0 Å². The molecular weight excluding hydrogens is 246 g/mol. The van der Waals surface area contributed by atoms with Gasteiger partial charge in [-0.3, -0.25) is 4.79 Å². The van der Waals surface area contributed by atoms with Gasteiger partial charge in [0.2, 0.25) is 10.0 Å². The van der Waals surface area contributed by atoms with E-state index in [1.54, 1.807) is 6.92 Å². The van der Waals surface area contributed by atoms with Crippen LogP contribution < -0.4 is 0 Å². The van der Waals surface area contributed by atoms with E-state index in [2.05, 4.69) is 0 Å². The SMILES string of the molecule is COCCC(C)S(=O)(=O)N(C)CC(C)C(=O)O. The molecule has 102 valence electrons. The molecule has 2 unspecified atom stereocenters. The van der Waals surface area contributed by atoms with Gasteiger partial charge in [-0.1, -0.05) is 6.92 Å². The molecule has 0 aromatic rings. The van der Waals surface area contributed by atoms with Crippen LogP contribution in [0.25, 0.3) is 0 Å². The predicted molar refractivity (Wildman–Crippen MR) is 64.3 cm³/mol. The Kier molecular flexibility index (Phi) is 6.66. The monoisotopic (exact) mass is 267 g/mol. The van der Waals surface area contributed by atoms with Crippen LogP contribution in [0.4, 0.5) is 0 Å². The molecule has 0 bridgehead atoms. The Balaban J connectivity index is 4.54. The number of sulfonamides is 1. The molecule has 0 spiro atoms. The van der Waals surface area contributed by atoms with Crippen LogP contribution in [0, 0.1) is 5.92 Å². The van der Waals surface area contributed by atoms with E-state index in [1.807, 2.05) is 0 Å². The molecule has 2 atom stereocenters. The van der Waals surface area contributed by atoms with Crippen LogP contribution in [0.2, 0.25) is 0 Å². The number of carbonyl (C=O) groups is 1. The summed E-state index contributed by atoms with van der Waals surface area (Å²) < 4.78 is 29.9. The first-order chi connectivity index (χ1) is 7.73. The van der Waals surface area contributed by atoms with Crippen molar-refractivity contribution in [2.75, 3.05) is 27.3 Å². The minimum atomic E-state index is -3.45. The van der Waals surface area contributed by atoms with Gasteiger partial charge in [0.1, 0.15) is 0 Å². The van der Waals surface area contributed by atoms with Gasteiger partial charge in [-0.15, -0.1) is 0 Å². The highest BCUT2D eigenvalue weighted by molar-refractivity contribution is 7.89. The molecule has 0 amide bonds. The van der Waals surface area contributed by atoms with Gasteiger partial charge in [-0.05, 0) is 13.3 Å². The van der Waals surface area contributed by atoms with E-state index in [1.165, 1.54) is 21.1 Å². The van der Waals surface area contributed by atoms with Gasteiger partial charge >= 0.3 is 5.97 Å². The van der Waals surface area contributed by atoms with E-state index in [-0.39, 0.29) is 6.54 Å². The Bertz CT molecular complexity index is 341. The molecule has 0 rings (SSSR count). The lowest BCUT2D eigenvalue weighted by Crippen LogP contribution is -2.39. The topological polar surface area (TPSA) is 83.9 Å². The zero-order valence-corrected chi connectivity index (χ0v) is 11.5. The molecule has 1 N–H and O–H groups in total. The number of hydrogen-bond acceptors (Lipinski definition) is 4. The van der Waals surface area contributed by atoms with Gasteiger partial charge in [0.05, 0.1) is 11.2 Å². The van der Waals surface area contributed by atoms with Crippen molar-refractivity contribution in [2.24, 2.45) is 5.92 Å². The van der Waals surface area contributed by atoms with Gasteiger partial charge in [0, 0.05) is 27.3 Å². The fourth-order valence-electron chi connectivity index (χ4n) is 1.31. The third-order valence-corrected chi connectivity index (χ3v) is 4.89. The summed E-state index contributed by atoms with van der Waals surface area (Å²) in [4.78, 5) is 10.7. The molecule has 7 heteroatoms. The van der Waals surface area contributed by atoms with Gasteiger partial charge in [-0.2, -0.15) is 0 Å². The number of carboxylic acids is 1. The molecule has 0 aliphatic rings. The summed E-state index contributed by atoms with van der Waals surface area (Å²) in [7, 11) is -0.539. The maximum atomic E-state index is 12.0. The average Bonchev–Trinajstić information content (AvgIpc) is 2.25. The Morgan fingerprint density at radius 1 is 1.41 bits per heavy atom. The Morgan fingerprint density at radius 3 is 2.35 bits per heavy atom. The van der Waals surface area contributed by atoms with Crippen LogP contribution >= 0.6 is 0 Å². The van der Waals surface area contributed by atoms with Crippen LogP contribution in [0.1, 0.15) is 20.3 Å². The fourth-order valence-corrected chi connectivity index (χ4v) is 2.75. The zero-order chi connectivity index (χ0) is 13.6. The summed E-state index contributed by atoms with van der Waals surface area (Å²) >= 11 is 0. The molecule has 0 aromatic heterocycles. The van der Waals surface area contributed by atoms with Gasteiger partial charge in [-0.25, -0.2) is 12.7 Å². The molecule has 0 fully saturated rings. The number of methoxy groups -OCH3 is 1. The first-order valence-electron chi connectivity index (χ1n) is 5.40. The second-order valence-corrected chi connectivity index (χ2v) is 6.61. The summed E-state index contributed by atoms with van der Waals surface area (Å²) in [6.07, 6.45) is 0.393. The lowest BCUT2D eigenvalue weighted by atomic mass is 10.2. The molecular formula is C10H21NO5S. The van der Waals surface area contributed by atoms with Gasteiger partial charge in [0.25, 0.3) is 0 Å². The second-order valence-electron chi connectivity index (χ2n) is 4.16. The third-order valence-electron chi connectivity index (χ3n) is 2.62.